The predicted molar refractivity (Wildman–Crippen MR) is 69.9 cm³/mol. The average Bonchev–Trinajstić information content (AvgIpc) is 2.87. The van der Waals surface area contributed by atoms with Crippen LogP contribution in [0.15, 0.2) is 22.8 Å². The summed E-state index contributed by atoms with van der Waals surface area (Å²) < 4.78 is 10.4. The first-order valence-corrected chi connectivity index (χ1v) is 6.25. The molecular weight excluding hydrogens is 230 g/mol. The summed E-state index contributed by atoms with van der Waals surface area (Å²) in [6.07, 6.45) is 9.13. The summed E-state index contributed by atoms with van der Waals surface area (Å²) >= 11 is 0. The molecule has 0 saturated carbocycles. The lowest BCUT2D eigenvalue weighted by molar-refractivity contribution is 0.0227. The monoisotopic (exact) mass is 251 g/mol. The number of hydrogen-bond donors (Lipinski definition) is 2. The average molecular weight is 251 g/mol. The van der Waals surface area contributed by atoms with Gasteiger partial charge in [0.25, 0.3) is 0 Å². The molecule has 18 heavy (non-hydrogen) atoms. The van der Waals surface area contributed by atoms with Gasteiger partial charge in [-0.15, -0.1) is 12.3 Å². The number of aliphatic hydroxyl groups excluding tert-OH is 1. The first kappa shape index (κ1) is 14.8. The van der Waals surface area contributed by atoms with Crippen LogP contribution in [0.2, 0.25) is 0 Å². The van der Waals surface area contributed by atoms with Crippen molar-refractivity contribution in [3.8, 4) is 12.3 Å². The van der Waals surface area contributed by atoms with E-state index in [1.807, 2.05) is 12.1 Å². The molecule has 4 heteroatoms. The number of rotatable bonds is 10. The van der Waals surface area contributed by atoms with E-state index in [9.17, 15) is 5.11 Å². The van der Waals surface area contributed by atoms with E-state index in [2.05, 4.69) is 11.2 Å². The molecule has 1 unspecified atom stereocenters. The number of nitrogens with one attached hydrogen (secondary N) is 1. The lowest BCUT2D eigenvalue weighted by Gasteiger charge is -2.11. The van der Waals surface area contributed by atoms with Gasteiger partial charge in [-0.3, -0.25) is 0 Å². The summed E-state index contributed by atoms with van der Waals surface area (Å²) in [6, 6.07) is 3.66. The van der Waals surface area contributed by atoms with Crippen molar-refractivity contribution >= 4 is 0 Å². The van der Waals surface area contributed by atoms with Crippen LogP contribution in [0.25, 0.3) is 0 Å². The van der Waals surface area contributed by atoms with E-state index in [-0.39, 0.29) is 0 Å². The van der Waals surface area contributed by atoms with E-state index in [4.69, 9.17) is 15.6 Å². The van der Waals surface area contributed by atoms with Crippen molar-refractivity contribution in [2.45, 2.75) is 32.0 Å². The fraction of sp³-hybridized carbons (Fsp3) is 0.571. The van der Waals surface area contributed by atoms with Gasteiger partial charge in [0, 0.05) is 13.0 Å². The smallest absolute Gasteiger partial charge is 0.129 e. The molecular formula is C14H21NO3. The highest BCUT2D eigenvalue weighted by Gasteiger charge is 2.04. The van der Waals surface area contributed by atoms with Crippen molar-refractivity contribution in [1.29, 1.82) is 0 Å². The zero-order valence-electron chi connectivity index (χ0n) is 10.6. The molecule has 1 aromatic rings. The van der Waals surface area contributed by atoms with Crippen LogP contribution in [0.3, 0.4) is 0 Å². The third-order valence-electron chi connectivity index (χ3n) is 2.44. The van der Waals surface area contributed by atoms with Gasteiger partial charge in [-0.2, -0.15) is 0 Å². The SMILES string of the molecule is C#CCCCCNCC(O)COCc1ccco1. The molecule has 0 fully saturated rings. The number of aliphatic hydroxyl groups is 1. The Balaban J connectivity index is 1.91. The minimum absolute atomic E-state index is 0.304. The van der Waals surface area contributed by atoms with E-state index in [0.29, 0.717) is 19.8 Å². The molecule has 1 atom stereocenters. The van der Waals surface area contributed by atoms with E-state index in [1.54, 1.807) is 6.26 Å². The number of hydrogen-bond acceptors (Lipinski definition) is 4. The quantitative estimate of drug-likeness (QED) is 0.489. The van der Waals surface area contributed by atoms with Crippen molar-refractivity contribution < 1.29 is 14.3 Å². The second-order valence-electron chi connectivity index (χ2n) is 4.11. The number of unbranched alkanes of at least 4 members (excludes halogenated alkanes) is 2. The molecule has 1 aromatic heterocycles. The Morgan fingerprint density at radius 2 is 2.39 bits per heavy atom. The highest BCUT2D eigenvalue weighted by atomic mass is 16.5. The van der Waals surface area contributed by atoms with Crippen molar-refractivity contribution in [3.63, 3.8) is 0 Å². The molecule has 0 aliphatic heterocycles. The number of terminal acetylenes is 1. The lowest BCUT2D eigenvalue weighted by Crippen LogP contribution is -2.30. The van der Waals surface area contributed by atoms with E-state index >= 15 is 0 Å². The molecule has 0 aromatic carbocycles. The van der Waals surface area contributed by atoms with E-state index in [1.165, 1.54) is 0 Å². The third-order valence-corrected chi connectivity index (χ3v) is 2.44. The van der Waals surface area contributed by atoms with Crippen molar-refractivity contribution in [1.82, 2.24) is 5.32 Å². The van der Waals surface area contributed by atoms with Crippen molar-refractivity contribution in [2.24, 2.45) is 0 Å². The Labute approximate surface area is 108 Å². The maximum absolute atomic E-state index is 9.63. The lowest BCUT2D eigenvalue weighted by atomic mass is 10.2. The van der Waals surface area contributed by atoms with Gasteiger partial charge in [0.2, 0.25) is 0 Å². The summed E-state index contributed by atoms with van der Waals surface area (Å²) in [5, 5.41) is 12.8. The van der Waals surface area contributed by atoms with Crippen LogP contribution in [0, 0.1) is 12.3 Å². The van der Waals surface area contributed by atoms with Crippen LogP contribution in [0.5, 0.6) is 0 Å². The zero-order chi connectivity index (χ0) is 13.1. The largest absolute Gasteiger partial charge is 0.467 e. The first-order valence-electron chi connectivity index (χ1n) is 6.25. The van der Waals surface area contributed by atoms with Crippen LogP contribution >= 0.6 is 0 Å². The minimum Gasteiger partial charge on any atom is -0.467 e. The molecule has 0 aliphatic rings. The normalized spacial score (nSPS) is 12.2. The standard InChI is InChI=1S/C14H21NO3/c1-2-3-4-5-8-15-10-13(16)11-17-12-14-7-6-9-18-14/h1,6-7,9,13,15-16H,3-5,8,10-12H2. The van der Waals surface area contributed by atoms with Gasteiger partial charge in [0.1, 0.15) is 12.4 Å². The van der Waals surface area contributed by atoms with Crippen LogP contribution in [-0.2, 0) is 11.3 Å². The van der Waals surface area contributed by atoms with Gasteiger partial charge in [-0.1, -0.05) is 0 Å². The molecule has 0 spiro atoms. The van der Waals surface area contributed by atoms with Gasteiger partial charge in [-0.05, 0) is 31.5 Å². The maximum Gasteiger partial charge on any atom is 0.129 e. The topological polar surface area (TPSA) is 54.6 Å². The van der Waals surface area contributed by atoms with E-state index in [0.717, 1.165) is 31.6 Å². The zero-order valence-corrected chi connectivity index (χ0v) is 10.6. The first-order chi connectivity index (χ1) is 8.83. The molecule has 1 heterocycles. The second kappa shape index (κ2) is 9.72. The molecule has 0 aliphatic carbocycles. The Morgan fingerprint density at radius 3 is 3.11 bits per heavy atom. The highest BCUT2D eigenvalue weighted by molar-refractivity contribution is 4.96. The van der Waals surface area contributed by atoms with E-state index < -0.39 is 6.10 Å². The Bertz CT molecular complexity index is 329. The van der Waals surface area contributed by atoms with Crippen molar-refractivity contribution in [2.75, 3.05) is 19.7 Å². The molecule has 0 bridgehead atoms. The Kier molecular flexibility index (Phi) is 7.98. The van der Waals surface area contributed by atoms with Gasteiger partial charge in [-0.25, -0.2) is 0 Å². The van der Waals surface area contributed by atoms with Gasteiger partial charge in [0.05, 0.1) is 19.0 Å². The third kappa shape index (κ3) is 7.13. The number of ether oxygens (including phenoxy) is 1. The molecule has 0 radical (unpaired) electrons. The second-order valence-corrected chi connectivity index (χ2v) is 4.11. The molecule has 100 valence electrons. The van der Waals surface area contributed by atoms with Crippen molar-refractivity contribution in [3.05, 3.63) is 24.2 Å². The molecule has 4 nitrogen and oxygen atoms in total. The summed E-state index contributed by atoms with van der Waals surface area (Å²) in [6.45, 7) is 2.11. The molecule has 0 saturated heterocycles. The highest BCUT2D eigenvalue weighted by Crippen LogP contribution is 2.01. The summed E-state index contributed by atoms with van der Waals surface area (Å²) in [5.41, 5.74) is 0. The fourth-order valence-electron chi connectivity index (χ4n) is 1.49. The van der Waals surface area contributed by atoms with Gasteiger partial charge < -0.3 is 19.6 Å². The molecule has 0 amide bonds. The van der Waals surface area contributed by atoms with Gasteiger partial charge >= 0.3 is 0 Å². The summed E-state index contributed by atoms with van der Waals surface area (Å²) in [4.78, 5) is 0. The van der Waals surface area contributed by atoms with Crippen LogP contribution in [0.4, 0.5) is 0 Å². The van der Waals surface area contributed by atoms with Crippen LogP contribution in [0.1, 0.15) is 25.0 Å². The summed E-state index contributed by atoms with van der Waals surface area (Å²) in [7, 11) is 0. The number of furan rings is 1. The fourth-order valence-corrected chi connectivity index (χ4v) is 1.49. The predicted octanol–water partition coefficient (Wildman–Crippen LogP) is 1.55. The van der Waals surface area contributed by atoms with Gasteiger partial charge in [0.15, 0.2) is 0 Å². The van der Waals surface area contributed by atoms with Crippen LogP contribution < -0.4 is 5.32 Å². The minimum atomic E-state index is -0.493. The summed E-state index contributed by atoms with van der Waals surface area (Å²) in [5.74, 6) is 3.37. The molecule has 1 rings (SSSR count). The molecule has 2 N–H and O–H groups in total. The maximum atomic E-state index is 9.63. The Hall–Kier alpha value is -1.28. The Morgan fingerprint density at radius 1 is 1.50 bits per heavy atom. The van der Waals surface area contributed by atoms with Crippen LogP contribution in [-0.4, -0.2) is 30.9 Å².